The summed E-state index contributed by atoms with van der Waals surface area (Å²) in [4.78, 5) is 11.8. The monoisotopic (exact) mass is 325 g/mol. The molecule has 1 aromatic carbocycles. The summed E-state index contributed by atoms with van der Waals surface area (Å²) in [6, 6.07) is 7.86. The summed E-state index contributed by atoms with van der Waals surface area (Å²) in [6.07, 6.45) is -0.00191. The van der Waals surface area contributed by atoms with Crippen LogP contribution in [0.3, 0.4) is 0 Å². The summed E-state index contributed by atoms with van der Waals surface area (Å²) >= 11 is 0. The van der Waals surface area contributed by atoms with Crippen molar-refractivity contribution in [3.63, 3.8) is 0 Å². The van der Waals surface area contributed by atoms with E-state index in [-0.39, 0.29) is 18.1 Å². The Morgan fingerprint density at radius 2 is 2.05 bits per heavy atom. The standard InChI is InChI=1S/C15H23N3O3S/c1-13-3-2-4-14(11-13)12-17-15(19)5-10-22(20,21)18-8-6-16-7-9-18/h2-4,11,16H,5-10,12H2,1H3,(H,17,19). The lowest BCUT2D eigenvalue weighted by Gasteiger charge is -2.26. The van der Waals surface area contributed by atoms with E-state index in [1.165, 1.54) is 4.31 Å². The molecule has 1 aromatic rings. The maximum atomic E-state index is 12.1. The van der Waals surface area contributed by atoms with E-state index in [9.17, 15) is 13.2 Å². The summed E-state index contributed by atoms with van der Waals surface area (Å²) in [5.41, 5.74) is 2.14. The van der Waals surface area contributed by atoms with Crippen LogP contribution in [0.1, 0.15) is 17.5 Å². The van der Waals surface area contributed by atoms with E-state index in [1.54, 1.807) is 0 Å². The number of benzene rings is 1. The van der Waals surface area contributed by atoms with Crippen molar-refractivity contribution in [1.82, 2.24) is 14.9 Å². The lowest BCUT2D eigenvalue weighted by atomic mass is 10.1. The summed E-state index contributed by atoms with van der Waals surface area (Å²) < 4.78 is 25.7. The third-order valence-electron chi connectivity index (χ3n) is 3.63. The number of nitrogens with zero attached hydrogens (tertiary/aromatic N) is 1. The first-order chi connectivity index (χ1) is 10.5. The summed E-state index contributed by atoms with van der Waals surface area (Å²) in [7, 11) is -3.34. The second kappa shape index (κ2) is 7.71. The molecule has 0 saturated carbocycles. The SMILES string of the molecule is Cc1cccc(CNC(=O)CCS(=O)(=O)N2CCNCC2)c1. The summed E-state index contributed by atoms with van der Waals surface area (Å²) in [5, 5.41) is 5.88. The molecule has 1 fully saturated rings. The molecule has 1 aliphatic heterocycles. The van der Waals surface area contributed by atoms with E-state index < -0.39 is 10.0 Å². The number of nitrogens with one attached hydrogen (secondary N) is 2. The van der Waals surface area contributed by atoms with Gasteiger partial charge in [0.1, 0.15) is 0 Å². The van der Waals surface area contributed by atoms with Crippen molar-refractivity contribution in [2.24, 2.45) is 0 Å². The van der Waals surface area contributed by atoms with Crippen molar-refractivity contribution < 1.29 is 13.2 Å². The highest BCUT2D eigenvalue weighted by Crippen LogP contribution is 2.06. The molecular weight excluding hydrogens is 302 g/mol. The van der Waals surface area contributed by atoms with Crippen LogP contribution in [-0.4, -0.2) is 50.6 Å². The maximum absolute atomic E-state index is 12.1. The van der Waals surface area contributed by atoms with Gasteiger partial charge in [0.25, 0.3) is 0 Å². The zero-order valence-corrected chi connectivity index (χ0v) is 13.7. The van der Waals surface area contributed by atoms with Crippen molar-refractivity contribution >= 4 is 15.9 Å². The molecule has 0 radical (unpaired) electrons. The van der Waals surface area contributed by atoms with E-state index in [1.807, 2.05) is 31.2 Å². The molecule has 1 amide bonds. The molecule has 2 N–H and O–H groups in total. The third-order valence-corrected chi connectivity index (χ3v) is 5.50. The van der Waals surface area contributed by atoms with Gasteiger partial charge in [0.2, 0.25) is 15.9 Å². The van der Waals surface area contributed by atoms with Crippen LogP contribution in [0.25, 0.3) is 0 Å². The lowest BCUT2D eigenvalue weighted by molar-refractivity contribution is -0.120. The van der Waals surface area contributed by atoms with Gasteiger partial charge in [-0.25, -0.2) is 8.42 Å². The molecule has 122 valence electrons. The molecule has 1 aliphatic rings. The van der Waals surface area contributed by atoms with E-state index in [0.29, 0.717) is 32.7 Å². The lowest BCUT2D eigenvalue weighted by Crippen LogP contribution is -2.47. The van der Waals surface area contributed by atoms with E-state index >= 15 is 0 Å². The van der Waals surface area contributed by atoms with Crippen LogP contribution < -0.4 is 10.6 Å². The van der Waals surface area contributed by atoms with Crippen molar-refractivity contribution in [3.05, 3.63) is 35.4 Å². The molecule has 0 unspecified atom stereocenters. The van der Waals surface area contributed by atoms with Crippen molar-refractivity contribution in [2.75, 3.05) is 31.9 Å². The first-order valence-electron chi connectivity index (χ1n) is 7.48. The van der Waals surface area contributed by atoms with Crippen LogP contribution >= 0.6 is 0 Å². The van der Waals surface area contributed by atoms with Crippen molar-refractivity contribution in [2.45, 2.75) is 19.9 Å². The summed E-state index contributed by atoms with van der Waals surface area (Å²) in [6.45, 7) is 4.71. The van der Waals surface area contributed by atoms with Crippen LogP contribution in [0.4, 0.5) is 0 Å². The van der Waals surface area contributed by atoms with Crippen molar-refractivity contribution in [1.29, 1.82) is 0 Å². The van der Waals surface area contributed by atoms with E-state index in [2.05, 4.69) is 10.6 Å². The number of carbonyl (C=O) groups is 1. The van der Waals surface area contributed by atoms with Gasteiger partial charge in [-0.1, -0.05) is 29.8 Å². The molecule has 0 bridgehead atoms. The largest absolute Gasteiger partial charge is 0.352 e. The minimum absolute atomic E-state index is 0.00191. The van der Waals surface area contributed by atoms with Gasteiger partial charge in [0.05, 0.1) is 5.75 Å². The first kappa shape index (κ1) is 16.9. The molecule has 6 nitrogen and oxygen atoms in total. The molecule has 0 spiro atoms. The zero-order valence-electron chi connectivity index (χ0n) is 12.8. The number of rotatable bonds is 6. The Kier molecular flexibility index (Phi) is 5.93. The molecule has 1 saturated heterocycles. The average molecular weight is 325 g/mol. The minimum atomic E-state index is -3.34. The number of amides is 1. The normalized spacial score (nSPS) is 16.4. The van der Waals surface area contributed by atoms with Crippen molar-refractivity contribution in [3.8, 4) is 0 Å². The Hall–Kier alpha value is -1.44. The molecule has 0 aromatic heterocycles. The van der Waals surface area contributed by atoms with Gasteiger partial charge >= 0.3 is 0 Å². The van der Waals surface area contributed by atoms with Crippen LogP contribution in [0, 0.1) is 6.92 Å². The topological polar surface area (TPSA) is 78.5 Å². The molecule has 0 atom stereocenters. The molecule has 0 aliphatic carbocycles. The number of hydrogen-bond donors (Lipinski definition) is 2. The van der Waals surface area contributed by atoms with Gasteiger partial charge in [0.15, 0.2) is 0 Å². The van der Waals surface area contributed by atoms with Crippen LogP contribution in [0.15, 0.2) is 24.3 Å². The number of aryl methyl sites for hydroxylation is 1. The predicted octanol–water partition coefficient (Wildman–Crippen LogP) is 0.236. The van der Waals surface area contributed by atoms with Gasteiger partial charge in [-0.3, -0.25) is 4.79 Å². The minimum Gasteiger partial charge on any atom is -0.352 e. The van der Waals surface area contributed by atoms with Gasteiger partial charge in [-0.15, -0.1) is 0 Å². The smallest absolute Gasteiger partial charge is 0.221 e. The third kappa shape index (κ3) is 5.08. The number of carbonyl (C=O) groups excluding carboxylic acids is 1. The predicted molar refractivity (Wildman–Crippen MR) is 85.9 cm³/mol. The molecule has 22 heavy (non-hydrogen) atoms. The second-order valence-electron chi connectivity index (χ2n) is 5.48. The fraction of sp³-hybridized carbons (Fsp3) is 0.533. The summed E-state index contributed by atoms with van der Waals surface area (Å²) in [5.74, 6) is -0.368. The zero-order chi connectivity index (χ0) is 16.0. The fourth-order valence-electron chi connectivity index (χ4n) is 2.38. The Morgan fingerprint density at radius 1 is 1.32 bits per heavy atom. The Labute approximate surface area is 131 Å². The van der Waals surface area contributed by atoms with Crippen LogP contribution in [0.2, 0.25) is 0 Å². The molecule has 2 rings (SSSR count). The van der Waals surface area contributed by atoms with Gasteiger partial charge in [-0.2, -0.15) is 4.31 Å². The number of sulfonamides is 1. The van der Waals surface area contributed by atoms with E-state index in [4.69, 9.17) is 0 Å². The second-order valence-corrected chi connectivity index (χ2v) is 7.57. The fourth-order valence-corrected chi connectivity index (χ4v) is 3.82. The molecule has 1 heterocycles. The Morgan fingerprint density at radius 3 is 2.73 bits per heavy atom. The maximum Gasteiger partial charge on any atom is 0.221 e. The Balaban J connectivity index is 1.77. The number of hydrogen-bond acceptors (Lipinski definition) is 4. The number of piperazine rings is 1. The van der Waals surface area contributed by atoms with E-state index in [0.717, 1.165) is 11.1 Å². The van der Waals surface area contributed by atoms with Gasteiger partial charge < -0.3 is 10.6 Å². The van der Waals surface area contributed by atoms with Crippen LogP contribution in [-0.2, 0) is 21.4 Å². The molecule has 7 heteroatoms. The first-order valence-corrected chi connectivity index (χ1v) is 9.09. The van der Waals surface area contributed by atoms with Gasteiger partial charge in [-0.05, 0) is 12.5 Å². The Bertz CT molecular complexity index is 610. The van der Waals surface area contributed by atoms with Gasteiger partial charge in [0, 0.05) is 39.1 Å². The highest BCUT2D eigenvalue weighted by Gasteiger charge is 2.24. The highest BCUT2D eigenvalue weighted by atomic mass is 32.2. The average Bonchev–Trinajstić information content (AvgIpc) is 2.52. The highest BCUT2D eigenvalue weighted by molar-refractivity contribution is 7.89. The molecular formula is C15H23N3O3S. The quantitative estimate of drug-likeness (QED) is 0.785. The van der Waals surface area contributed by atoms with Crippen LogP contribution in [0.5, 0.6) is 0 Å².